The van der Waals surface area contributed by atoms with Gasteiger partial charge in [-0.2, -0.15) is 4.98 Å². The van der Waals surface area contributed by atoms with Crippen LogP contribution in [0.4, 0.5) is 5.95 Å². The summed E-state index contributed by atoms with van der Waals surface area (Å²) in [6, 6.07) is 8.17. The lowest BCUT2D eigenvalue weighted by molar-refractivity contribution is 0.560. The quantitative estimate of drug-likeness (QED) is 0.708. The largest absolute Gasteiger partial charge is 0.342 e. The van der Waals surface area contributed by atoms with Gasteiger partial charge in [-0.1, -0.05) is 24.3 Å². The zero-order valence-corrected chi connectivity index (χ0v) is 16.1. The van der Waals surface area contributed by atoms with Gasteiger partial charge in [-0.3, -0.25) is 18.5 Å². The number of piperidine rings is 1. The Hall–Kier alpha value is -2.83. The first kappa shape index (κ1) is 17.6. The van der Waals surface area contributed by atoms with Gasteiger partial charge in [-0.25, -0.2) is 4.79 Å². The molecule has 0 atom stereocenters. The Morgan fingerprint density at radius 3 is 2.41 bits per heavy atom. The van der Waals surface area contributed by atoms with E-state index in [1.165, 1.54) is 28.2 Å². The summed E-state index contributed by atoms with van der Waals surface area (Å²) in [6.45, 7) is 4.47. The Balaban J connectivity index is 1.99. The molecule has 0 radical (unpaired) electrons. The molecule has 0 aliphatic carbocycles. The highest BCUT2D eigenvalue weighted by atomic mass is 16.2. The summed E-state index contributed by atoms with van der Waals surface area (Å²) < 4.78 is 4.63. The zero-order chi connectivity index (χ0) is 19.1. The van der Waals surface area contributed by atoms with E-state index in [0.717, 1.165) is 37.4 Å². The van der Waals surface area contributed by atoms with Gasteiger partial charge >= 0.3 is 5.69 Å². The summed E-state index contributed by atoms with van der Waals surface area (Å²) in [7, 11) is 3.20. The molecule has 2 aromatic heterocycles. The van der Waals surface area contributed by atoms with Crippen molar-refractivity contribution in [3.8, 4) is 0 Å². The maximum Gasteiger partial charge on any atom is 0.332 e. The van der Waals surface area contributed by atoms with Crippen molar-refractivity contribution < 1.29 is 0 Å². The molecule has 7 nitrogen and oxygen atoms in total. The third kappa shape index (κ3) is 2.87. The molecule has 0 saturated carbocycles. The van der Waals surface area contributed by atoms with Crippen LogP contribution in [0.2, 0.25) is 0 Å². The van der Waals surface area contributed by atoms with Crippen LogP contribution in [0, 0.1) is 6.92 Å². The lowest BCUT2D eigenvalue weighted by Crippen LogP contribution is -2.37. The Morgan fingerprint density at radius 2 is 1.70 bits per heavy atom. The van der Waals surface area contributed by atoms with E-state index in [4.69, 9.17) is 4.98 Å². The van der Waals surface area contributed by atoms with Gasteiger partial charge in [0.2, 0.25) is 5.95 Å². The van der Waals surface area contributed by atoms with Crippen molar-refractivity contribution in [1.29, 1.82) is 0 Å². The molecule has 3 heterocycles. The minimum atomic E-state index is -0.349. The molecular formula is C20H25N5O2. The van der Waals surface area contributed by atoms with E-state index < -0.39 is 0 Å². The van der Waals surface area contributed by atoms with Crippen LogP contribution in [-0.2, 0) is 20.6 Å². The van der Waals surface area contributed by atoms with Gasteiger partial charge in [0.05, 0.1) is 6.54 Å². The van der Waals surface area contributed by atoms with Gasteiger partial charge in [-0.15, -0.1) is 0 Å². The van der Waals surface area contributed by atoms with Crippen LogP contribution in [0.1, 0.15) is 30.4 Å². The lowest BCUT2D eigenvalue weighted by Gasteiger charge is -2.28. The molecule has 27 heavy (non-hydrogen) atoms. The molecule has 1 saturated heterocycles. The van der Waals surface area contributed by atoms with Crippen LogP contribution in [0.15, 0.2) is 33.9 Å². The summed E-state index contributed by atoms with van der Waals surface area (Å²) in [5.41, 5.74) is 2.62. The predicted molar refractivity (Wildman–Crippen MR) is 107 cm³/mol. The number of benzene rings is 1. The second kappa shape index (κ2) is 6.72. The van der Waals surface area contributed by atoms with Gasteiger partial charge in [0.15, 0.2) is 11.2 Å². The van der Waals surface area contributed by atoms with Crippen LogP contribution >= 0.6 is 0 Å². The fourth-order valence-corrected chi connectivity index (χ4v) is 3.88. The lowest BCUT2D eigenvalue weighted by atomic mass is 10.1. The molecule has 1 fully saturated rings. The molecule has 3 aromatic rings. The summed E-state index contributed by atoms with van der Waals surface area (Å²) in [5.74, 6) is 0.784. The van der Waals surface area contributed by atoms with E-state index in [1.807, 2.05) is 16.7 Å². The molecule has 1 aliphatic rings. The van der Waals surface area contributed by atoms with Gasteiger partial charge in [0, 0.05) is 27.2 Å². The van der Waals surface area contributed by atoms with Crippen molar-refractivity contribution >= 4 is 17.1 Å². The van der Waals surface area contributed by atoms with Crippen LogP contribution in [0.3, 0.4) is 0 Å². The highest BCUT2D eigenvalue weighted by Crippen LogP contribution is 2.24. The fourth-order valence-electron chi connectivity index (χ4n) is 3.88. The number of rotatable bonds is 3. The van der Waals surface area contributed by atoms with E-state index >= 15 is 0 Å². The summed E-state index contributed by atoms with van der Waals surface area (Å²) in [4.78, 5) is 32.3. The molecule has 0 bridgehead atoms. The summed E-state index contributed by atoms with van der Waals surface area (Å²) >= 11 is 0. The Labute approximate surface area is 157 Å². The van der Waals surface area contributed by atoms with E-state index in [1.54, 1.807) is 7.05 Å². The third-order valence-electron chi connectivity index (χ3n) is 5.56. The normalized spacial score (nSPS) is 14.9. The topological polar surface area (TPSA) is 65.1 Å². The third-order valence-corrected chi connectivity index (χ3v) is 5.56. The van der Waals surface area contributed by atoms with Crippen molar-refractivity contribution in [2.45, 2.75) is 32.7 Å². The number of fused-ring (bicyclic) bond motifs is 1. The monoisotopic (exact) mass is 367 g/mol. The van der Waals surface area contributed by atoms with Gasteiger partial charge in [0.25, 0.3) is 5.56 Å². The van der Waals surface area contributed by atoms with Crippen LogP contribution in [0.25, 0.3) is 11.2 Å². The first-order valence-electron chi connectivity index (χ1n) is 9.44. The molecule has 1 aromatic carbocycles. The smallest absolute Gasteiger partial charge is 0.332 e. The number of aryl methyl sites for hydroxylation is 2. The van der Waals surface area contributed by atoms with E-state index in [0.29, 0.717) is 17.7 Å². The van der Waals surface area contributed by atoms with Gasteiger partial charge in [-0.05, 0) is 37.3 Å². The highest BCUT2D eigenvalue weighted by molar-refractivity contribution is 5.75. The predicted octanol–water partition coefficient (Wildman–Crippen LogP) is 1.78. The SMILES string of the molecule is Cc1ccccc1Cn1c(N2CCCCC2)nc2c1c(=O)n(C)c(=O)n2C. The number of anilines is 1. The van der Waals surface area contributed by atoms with Crippen LogP contribution in [-0.4, -0.2) is 31.8 Å². The van der Waals surface area contributed by atoms with E-state index in [9.17, 15) is 9.59 Å². The van der Waals surface area contributed by atoms with Gasteiger partial charge < -0.3 is 4.90 Å². The molecule has 0 spiro atoms. The summed E-state index contributed by atoms with van der Waals surface area (Å²) in [6.07, 6.45) is 3.45. The van der Waals surface area contributed by atoms with Crippen molar-refractivity contribution in [2.24, 2.45) is 14.1 Å². The molecule has 1 aliphatic heterocycles. The van der Waals surface area contributed by atoms with Crippen molar-refractivity contribution in [3.63, 3.8) is 0 Å². The van der Waals surface area contributed by atoms with Crippen molar-refractivity contribution in [2.75, 3.05) is 18.0 Å². The Kier molecular flexibility index (Phi) is 4.37. The van der Waals surface area contributed by atoms with Crippen LogP contribution < -0.4 is 16.1 Å². The first-order chi connectivity index (χ1) is 13.0. The second-order valence-corrected chi connectivity index (χ2v) is 7.35. The van der Waals surface area contributed by atoms with E-state index in [2.05, 4.69) is 24.0 Å². The Bertz CT molecular complexity index is 1120. The molecule has 142 valence electrons. The molecule has 7 heteroatoms. The number of imidazole rings is 1. The molecule has 0 amide bonds. The number of hydrogen-bond donors (Lipinski definition) is 0. The van der Waals surface area contributed by atoms with Crippen molar-refractivity contribution in [3.05, 3.63) is 56.2 Å². The number of hydrogen-bond acceptors (Lipinski definition) is 4. The maximum atomic E-state index is 13.0. The maximum absolute atomic E-state index is 13.0. The minimum Gasteiger partial charge on any atom is -0.342 e. The highest BCUT2D eigenvalue weighted by Gasteiger charge is 2.24. The molecule has 4 rings (SSSR count). The molecular weight excluding hydrogens is 342 g/mol. The van der Waals surface area contributed by atoms with Crippen molar-refractivity contribution in [1.82, 2.24) is 18.7 Å². The fraction of sp³-hybridized carbons (Fsp3) is 0.450. The summed E-state index contributed by atoms with van der Waals surface area (Å²) in [5, 5.41) is 0. The minimum absolute atomic E-state index is 0.294. The Morgan fingerprint density at radius 1 is 1.00 bits per heavy atom. The average Bonchev–Trinajstić information content (AvgIpc) is 3.06. The number of nitrogens with zero attached hydrogens (tertiary/aromatic N) is 5. The van der Waals surface area contributed by atoms with Gasteiger partial charge in [0.1, 0.15) is 0 Å². The van der Waals surface area contributed by atoms with Crippen LogP contribution in [0.5, 0.6) is 0 Å². The first-order valence-corrected chi connectivity index (χ1v) is 9.44. The second-order valence-electron chi connectivity index (χ2n) is 7.35. The standard InChI is InChI=1S/C20H25N5O2/c1-14-9-5-6-10-15(14)13-25-16-17(22(2)20(27)23(3)18(16)26)21-19(25)24-11-7-4-8-12-24/h5-6,9-10H,4,7-8,11-13H2,1-3H3. The number of aromatic nitrogens is 4. The average molecular weight is 367 g/mol. The molecule has 0 N–H and O–H groups in total. The molecule has 0 unspecified atom stereocenters. The van der Waals surface area contributed by atoms with E-state index in [-0.39, 0.29) is 11.2 Å². The zero-order valence-electron chi connectivity index (χ0n) is 16.1.